The van der Waals surface area contributed by atoms with Crippen LogP contribution >= 0.6 is 0 Å². The highest BCUT2D eigenvalue weighted by atomic mass is 16.6. The molecule has 1 N–H and O–H groups in total. The van der Waals surface area contributed by atoms with E-state index in [2.05, 4.69) is 25.8 Å². The van der Waals surface area contributed by atoms with E-state index < -0.39 is 10.5 Å². The van der Waals surface area contributed by atoms with E-state index in [1.54, 1.807) is 12.1 Å². The third-order valence-electron chi connectivity index (χ3n) is 6.37. The Kier molecular flexibility index (Phi) is 4.54. The van der Waals surface area contributed by atoms with Crippen molar-refractivity contribution in [2.45, 2.75) is 45.1 Å². The zero-order valence-corrected chi connectivity index (χ0v) is 15.5. The average Bonchev–Trinajstić information content (AvgIpc) is 2.58. The van der Waals surface area contributed by atoms with E-state index in [0.29, 0.717) is 0 Å². The summed E-state index contributed by atoms with van der Waals surface area (Å²) in [5.41, 5.74) is 0.395. The van der Waals surface area contributed by atoms with Crippen LogP contribution in [0.25, 0.3) is 0 Å². The van der Waals surface area contributed by atoms with Gasteiger partial charge in [-0.25, -0.2) is 0 Å². The normalized spacial score (nSPS) is 26.9. The van der Waals surface area contributed by atoms with Crippen molar-refractivity contribution in [2.24, 2.45) is 11.3 Å². The molecule has 0 saturated carbocycles. The number of nitro groups is 1. The minimum absolute atomic E-state index is 0.0216. The smallest absolute Gasteiger partial charge is 0.311 e. The van der Waals surface area contributed by atoms with E-state index in [1.807, 2.05) is 0 Å². The highest BCUT2D eigenvalue weighted by Crippen LogP contribution is 2.56. The summed E-state index contributed by atoms with van der Waals surface area (Å²) in [6.45, 7) is 6.15. The van der Waals surface area contributed by atoms with Crippen LogP contribution in [0.3, 0.4) is 0 Å². The van der Waals surface area contributed by atoms with Gasteiger partial charge in [-0.05, 0) is 74.3 Å². The molecule has 1 atom stereocenters. The van der Waals surface area contributed by atoms with Crippen molar-refractivity contribution in [1.29, 1.82) is 0 Å². The lowest BCUT2D eigenvalue weighted by atomic mass is 9.56. The topological polar surface area (TPSA) is 75.8 Å². The van der Waals surface area contributed by atoms with E-state index in [0.717, 1.165) is 49.9 Å². The quantitative estimate of drug-likeness (QED) is 0.671. The van der Waals surface area contributed by atoms with Gasteiger partial charge in [0.25, 0.3) is 0 Å². The second-order valence-electron chi connectivity index (χ2n) is 8.17. The van der Waals surface area contributed by atoms with E-state index >= 15 is 0 Å². The summed E-state index contributed by atoms with van der Waals surface area (Å²) in [5.74, 6) is 0.372. The van der Waals surface area contributed by atoms with Crippen molar-refractivity contribution in [2.75, 3.05) is 27.2 Å². The Morgan fingerprint density at radius 3 is 2.52 bits per heavy atom. The van der Waals surface area contributed by atoms with Gasteiger partial charge in [0.15, 0.2) is 5.75 Å². The molecule has 1 aliphatic heterocycles. The van der Waals surface area contributed by atoms with Crippen LogP contribution < -0.4 is 4.74 Å². The second-order valence-corrected chi connectivity index (χ2v) is 8.17. The predicted octanol–water partition coefficient (Wildman–Crippen LogP) is 3.11. The van der Waals surface area contributed by atoms with Crippen LogP contribution in [0, 0.1) is 21.4 Å². The van der Waals surface area contributed by atoms with Gasteiger partial charge in [0.05, 0.1) is 17.6 Å². The molecular weight excluding hydrogens is 320 g/mol. The molecule has 0 amide bonds. The van der Waals surface area contributed by atoms with Gasteiger partial charge < -0.3 is 14.7 Å². The number of hydrogen-bond donors (Lipinski definition) is 1. The fourth-order valence-corrected chi connectivity index (χ4v) is 4.68. The maximum absolute atomic E-state index is 12.0. The molecule has 1 saturated heterocycles. The fourth-order valence-electron chi connectivity index (χ4n) is 4.68. The van der Waals surface area contributed by atoms with Gasteiger partial charge in [0.1, 0.15) is 0 Å². The second kappa shape index (κ2) is 6.25. The zero-order chi connectivity index (χ0) is 18.4. The lowest BCUT2D eigenvalue weighted by Crippen LogP contribution is -2.53. The Morgan fingerprint density at radius 1 is 1.32 bits per heavy atom. The average molecular weight is 348 g/mol. The van der Waals surface area contributed by atoms with Gasteiger partial charge in [-0.1, -0.05) is 13.8 Å². The third-order valence-corrected chi connectivity index (χ3v) is 6.37. The van der Waals surface area contributed by atoms with Crippen LogP contribution in [0.1, 0.15) is 44.2 Å². The molecule has 0 aromatic heterocycles. The number of piperidine rings is 1. The Hall–Kier alpha value is -1.66. The molecule has 0 radical (unpaired) electrons. The third kappa shape index (κ3) is 2.81. The van der Waals surface area contributed by atoms with Gasteiger partial charge in [-0.15, -0.1) is 0 Å². The summed E-state index contributed by atoms with van der Waals surface area (Å²) in [6, 6.07) is 3.32. The van der Waals surface area contributed by atoms with E-state index in [4.69, 9.17) is 4.74 Å². The van der Waals surface area contributed by atoms with Gasteiger partial charge in [-0.2, -0.15) is 0 Å². The maximum Gasteiger partial charge on any atom is 0.311 e. The highest BCUT2D eigenvalue weighted by molar-refractivity contribution is 5.55. The number of likely N-dealkylation sites (tertiary alicyclic amines) is 1. The molecule has 0 spiro atoms. The van der Waals surface area contributed by atoms with Gasteiger partial charge in [-0.3, -0.25) is 10.1 Å². The Labute approximate surface area is 148 Å². The number of nitrogens with zero attached hydrogens (tertiary/aromatic N) is 2. The molecule has 1 heterocycles. The van der Waals surface area contributed by atoms with Crippen LogP contribution in [0.5, 0.6) is 5.75 Å². The lowest BCUT2D eigenvalue weighted by Gasteiger charge is -2.53. The largest absolute Gasteiger partial charge is 0.490 e. The number of hydrogen-bond acceptors (Lipinski definition) is 5. The molecular formula is C19H28N2O4. The Bertz CT molecular complexity index is 680. The van der Waals surface area contributed by atoms with Gasteiger partial charge >= 0.3 is 5.69 Å². The number of benzene rings is 1. The van der Waals surface area contributed by atoms with Crippen molar-refractivity contribution in [3.63, 3.8) is 0 Å². The maximum atomic E-state index is 12.0. The van der Waals surface area contributed by atoms with Crippen molar-refractivity contribution in [3.05, 3.63) is 33.4 Å². The first-order valence-electron chi connectivity index (χ1n) is 8.97. The van der Waals surface area contributed by atoms with Crippen molar-refractivity contribution in [1.82, 2.24) is 4.90 Å². The molecule has 138 valence electrons. The van der Waals surface area contributed by atoms with E-state index in [1.165, 1.54) is 7.11 Å². The lowest BCUT2D eigenvalue weighted by molar-refractivity contribution is -0.385. The monoisotopic (exact) mass is 348 g/mol. The van der Waals surface area contributed by atoms with Gasteiger partial charge in [0.2, 0.25) is 0 Å². The molecule has 1 unspecified atom stereocenters. The number of nitro benzene ring substituents is 1. The summed E-state index contributed by atoms with van der Waals surface area (Å²) < 4.78 is 5.28. The first-order valence-corrected chi connectivity index (χ1v) is 8.97. The number of methoxy groups -OCH3 is 1. The minimum atomic E-state index is -0.996. The number of ether oxygens (including phenoxy) is 1. The minimum Gasteiger partial charge on any atom is -0.490 e. The van der Waals surface area contributed by atoms with Crippen LogP contribution in [-0.2, 0) is 12.0 Å². The highest BCUT2D eigenvalue weighted by Gasteiger charge is 2.54. The molecule has 6 heteroatoms. The summed E-state index contributed by atoms with van der Waals surface area (Å²) in [4.78, 5) is 13.2. The molecule has 1 aromatic carbocycles. The summed E-state index contributed by atoms with van der Waals surface area (Å²) >= 11 is 0. The first-order chi connectivity index (χ1) is 11.7. The zero-order valence-electron chi connectivity index (χ0n) is 15.5. The van der Waals surface area contributed by atoms with Crippen LogP contribution in [0.4, 0.5) is 5.69 Å². The molecule has 0 bridgehead atoms. The van der Waals surface area contributed by atoms with Crippen LogP contribution in [-0.4, -0.2) is 42.2 Å². The predicted molar refractivity (Wildman–Crippen MR) is 95.9 cm³/mol. The summed E-state index contributed by atoms with van der Waals surface area (Å²) in [7, 11) is 3.55. The van der Waals surface area contributed by atoms with Crippen LogP contribution in [0.2, 0.25) is 0 Å². The molecule has 2 aliphatic rings. The SMILES string of the molecule is COc1cc2c(cc1[N+](=O)[O-])CCC(C)(C)C2(O)C1CCN(C)CC1. The molecule has 6 nitrogen and oxygen atoms in total. The Morgan fingerprint density at radius 2 is 1.96 bits per heavy atom. The van der Waals surface area contributed by atoms with Crippen molar-refractivity contribution >= 4 is 5.69 Å². The summed E-state index contributed by atoms with van der Waals surface area (Å²) in [6.07, 6.45) is 3.40. The number of aryl methyl sites for hydroxylation is 1. The van der Waals surface area contributed by atoms with Gasteiger partial charge in [0, 0.05) is 6.07 Å². The van der Waals surface area contributed by atoms with E-state index in [-0.39, 0.29) is 22.8 Å². The molecule has 3 rings (SSSR count). The Balaban J connectivity index is 2.14. The molecule has 1 aliphatic carbocycles. The van der Waals surface area contributed by atoms with Crippen LogP contribution in [0.15, 0.2) is 12.1 Å². The molecule has 1 aromatic rings. The number of fused-ring (bicyclic) bond motifs is 1. The van der Waals surface area contributed by atoms with Crippen molar-refractivity contribution < 1.29 is 14.8 Å². The van der Waals surface area contributed by atoms with Crippen molar-refractivity contribution in [3.8, 4) is 5.75 Å². The molecule has 1 fully saturated rings. The number of rotatable bonds is 3. The first kappa shape index (κ1) is 18.1. The summed E-state index contributed by atoms with van der Waals surface area (Å²) in [5, 5.41) is 23.3. The number of aliphatic hydroxyl groups is 1. The standard InChI is InChI=1S/C19H28N2O4/c1-18(2)8-5-13-11-16(21(23)24)17(25-4)12-15(13)19(18,22)14-6-9-20(3)10-7-14/h11-12,14,22H,5-10H2,1-4H3. The fraction of sp³-hybridized carbons (Fsp3) is 0.684. The van der Waals surface area contributed by atoms with E-state index in [9.17, 15) is 15.2 Å². The molecule has 25 heavy (non-hydrogen) atoms.